The van der Waals surface area contributed by atoms with Gasteiger partial charge in [-0.25, -0.2) is 8.78 Å². The van der Waals surface area contributed by atoms with Crippen LogP contribution in [-0.4, -0.2) is 5.91 Å². The van der Waals surface area contributed by atoms with Crippen LogP contribution < -0.4 is 11.1 Å². The summed E-state index contributed by atoms with van der Waals surface area (Å²) < 4.78 is 26.3. The highest BCUT2D eigenvalue weighted by Gasteiger charge is 2.08. The number of rotatable bonds is 4. The second-order valence-electron chi connectivity index (χ2n) is 4.42. The number of aryl methyl sites for hydroxylation is 1. The molecule has 0 spiro atoms. The second-order valence-corrected chi connectivity index (χ2v) is 4.42. The normalized spacial score (nSPS) is 10.3. The minimum atomic E-state index is -0.663. The largest absolute Gasteiger partial charge is 0.399 e. The summed E-state index contributed by atoms with van der Waals surface area (Å²) in [7, 11) is 0. The van der Waals surface area contributed by atoms with Crippen molar-refractivity contribution in [1.82, 2.24) is 0 Å². The van der Waals surface area contributed by atoms with Crippen molar-refractivity contribution in [3.8, 4) is 0 Å². The zero-order valence-corrected chi connectivity index (χ0v) is 10.7. The monoisotopic (exact) mass is 276 g/mol. The average molecular weight is 276 g/mol. The summed E-state index contributed by atoms with van der Waals surface area (Å²) >= 11 is 0. The van der Waals surface area contributed by atoms with Crippen molar-refractivity contribution < 1.29 is 13.6 Å². The molecule has 0 aliphatic carbocycles. The van der Waals surface area contributed by atoms with Crippen molar-refractivity contribution in [3.63, 3.8) is 0 Å². The van der Waals surface area contributed by atoms with E-state index in [2.05, 4.69) is 5.32 Å². The fraction of sp³-hybridized carbons (Fsp3) is 0.133. The van der Waals surface area contributed by atoms with Gasteiger partial charge in [-0.2, -0.15) is 0 Å². The lowest BCUT2D eigenvalue weighted by atomic mass is 10.1. The van der Waals surface area contributed by atoms with E-state index < -0.39 is 11.6 Å². The smallest absolute Gasteiger partial charge is 0.224 e. The van der Waals surface area contributed by atoms with Gasteiger partial charge in [0.1, 0.15) is 11.6 Å². The number of hydrogen-bond donors (Lipinski definition) is 2. The molecule has 0 unspecified atom stereocenters. The molecular weight excluding hydrogens is 262 g/mol. The van der Waals surface area contributed by atoms with Gasteiger partial charge in [0, 0.05) is 18.2 Å². The van der Waals surface area contributed by atoms with E-state index in [1.54, 1.807) is 18.2 Å². The van der Waals surface area contributed by atoms with Crippen LogP contribution in [0.25, 0.3) is 0 Å². The molecule has 0 atom stereocenters. The fourth-order valence-electron chi connectivity index (χ4n) is 1.81. The van der Waals surface area contributed by atoms with Crippen LogP contribution in [0.15, 0.2) is 42.5 Å². The van der Waals surface area contributed by atoms with E-state index in [1.165, 1.54) is 0 Å². The van der Waals surface area contributed by atoms with Crippen LogP contribution in [0, 0.1) is 11.6 Å². The number of amides is 1. The molecule has 0 fully saturated rings. The minimum absolute atomic E-state index is 0.150. The topological polar surface area (TPSA) is 55.1 Å². The number of halogens is 2. The van der Waals surface area contributed by atoms with Gasteiger partial charge in [0.05, 0.1) is 5.69 Å². The first-order chi connectivity index (χ1) is 9.54. The molecule has 2 rings (SSSR count). The van der Waals surface area contributed by atoms with E-state index in [0.717, 1.165) is 23.8 Å². The molecule has 104 valence electrons. The van der Waals surface area contributed by atoms with Gasteiger partial charge in [0.2, 0.25) is 5.91 Å². The fourth-order valence-corrected chi connectivity index (χ4v) is 1.81. The van der Waals surface area contributed by atoms with Crippen LogP contribution in [-0.2, 0) is 11.2 Å². The number of carbonyl (C=O) groups is 1. The van der Waals surface area contributed by atoms with Gasteiger partial charge in [0.25, 0.3) is 0 Å². The van der Waals surface area contributed by atoms with Crippen LogP contribution in [0.5, 0.6) is 0 Å². The molecule has 2 aromatic carbocycles. The van der Waals surface area contributed by atoms with E-state index in [9.17, 15) is 13.6 Å². The van der Waals surface area contributed by atoms with Gasteiger partial charge in [-0.15, -0.1) is 0 Å². The Hall–Kier alpha value is -2.43. The number of nitrogen functional groups attached to an aromatic ring is 1. The Morgan fingerprint density at radius 2 is 1.95 bits per heavy atom. The molecule has 0 aromatic heterocycles. The third-order valence-electron chi connectivity index (χ3n) is 2.79. The Morgan fingerprint density at radius 1 is 1.15 bits per heavy atom. The van der Waals surface area contributed by atoms with Crippen molar-refractivity contribution in [2.75, 3.05) is 11.1 Å². The third kappa shape index (κ3) is 3.78. The molecule has 5 heteroatoms. The maximum atomic E-state index is 13.3. The molecule has 0 saturated heterocycles. The van der Waals surface area contributed by atoms with Crippen molar-refractivity contribution in [2.24, 2.45) is 0 Å². The molecule has 0 aliphatic heterocycles. The minimum Gasteiger partial charge on any atom is -0.399 e. The number of nitrogens with one attached hydrogen (secondary N) is 1. The van der Waals surface area contributed by atoms with Crippen LogP contribution in [0.4, 0.5) is 20.2 Å². The third-order valence-corrected chi connectivity index (χ3v) is 2.79. The number of nitrogens with two attached hydrogens (primary N) is 1. The Balaban J connectivity index is 1.94. The molecule has 1 amide bonds. The predicted molar refractivity (Wildman–Crippen MR) is 74.2 cm³/mol. The Morgan fingerprint density at radius 3 is 2.70 bits per heavy atom. The number of anilines is 2. The summed E-state index contributed by atoms with van der Waals surface area (Å²) in [6, 6.07) is 10.1. The molecule has 20 heavy (non-hydrogen) atoms. The highest BCUT2D eigenvalue weighted by molar-refractivity contribution is 5.90. The number of benzene rings is 2. The lowest BCUT2D eigenvalue weighted by molar-refractivity contribution is -0.116. The van der Waals surface area contributed by atoms with Crippen molar-refractivity contribution in [1.29, 1.82) is 0 Å². The van der Waals surface area contributed by atoms with Gasteiger partial charge >= 0.3 is 0 Å². The maximum Gasteiger partial charge on any atom is 0.224 e. The van der Waals surface area contributed by atoms with Gasteiger partial charge in [-0.3, -0.25) is 4.79 Å². The van der Waals surface area contributed by atoms with Crippen molar-refractivity contribution in [3.05, 3.63) is 59.7 Å². The van der Waals surface area contributed by atoms with Gasteiger partial charge in [-0.1, -0.05) is 12.1 Å². The van der Waals surface area contributed by atoms with Gasteiger partial charge in [0.15, 0.2) is 0 Å². The lowest BCUT2D eigenvalue weighted by Gasteiger charge is -2.07. The molecular formula is C15H14F2N2O. The highest BCUT2D eigenvalue weighted by atomic mass is 19.1. The van der Waals surface area contributed by atoms with E-state index >= 15 is 0 Å². The summed E-state index contributed by atoms with van der Waals surface area (Å²) in [6.07, 6.45) is 0.646. The summed E-state index contributed by atoms with van der Waals surface area (Å²) in [5.41, 5.74) is 7.02. The zero-order chi connectivity index (χ0) is 14.5. The SMILES string of the molecule is Nc1cccc(CCC(=O)Nc2cc(F)ccc2F)c1. The van der Waals surface area contributed by atoms with E-state index in [-0.39, 0.29) is 18.0 Å². The molecule has 0 heterocycles. The molecule has 0 saturated carbocycles. The predicted octanol–water partition coefficient (Wildman–Crippen LogP) is 3.12. The van der Waals surface area contributed by atoms with E-state index in [4.69, 9.17) is 5.73 Å². The standard InChI is InChI=1S/C15H14F2N2O/c16-11-5-6-13(17)14(9-11)19-15(20)7-4-10-2-1-3-12(18)8-10/h1-3,5-6,8-9H,4,7,18H2,(H,19,20). The Labute approximate surface area is 115 Å². The average Bonchev–Trinajstić information content (AvgIpc) is 2.41. The zero-order valence-electron chi connectivity index (χ0n) is 10.7. The van der Waals surface area contributed by atoms with Gasteiger partial charge < -0.3 is 11.1 Å². The Bertz CT molecular complexity index is 629. The van der Waals surface area contributed by atoms with E-state index in [0.29, 0.717) is 12.1 Å². The summed E-state index contributed by atoms with van der Waals surface area (Å²) in [6.45, 7) is 0. The molecule has 0 aliphatic rings. The van der Waals surface area contributed by atoms with Crippen LogP contribution >= 0.6 is 0 Å². The summed E-state index contributed by atoms with van der Waals surface area (Å²) in [4.78, 5) is 11.7. The highest BCUT2D eigenvalue weighted by Crippen LogP contribution is 2.16. The van der Waals surface area contributed by atoms with Crippen LogP contribution in [0.1, 0.15) is 12.0 Å². The molecule has 3 nitrogen and oxygen atoms in total. The summed E-state index contributed by atoms with van der Waals surface area (Å²) in [5, 5.41) is 2.35. The van der Waals surface area contributed by atoms with Crippen LogP contribution in [0.3, 0.4) is 0 Å². The first-order valence-corrected chi connectivity index (χ1v) is 6.14. The molecule has 0 bridgehead atoms. The number of carbonyl (C=O) groups excluding carboxylic acids is 1. The maximum absolute atomic E-state index is 13.3. The van der Waals surface area contributed by atoms with Crippen molar-refractivity contribution in [2.45, 2.75) is 12.8 Å². The summed E-state index contributed by atoms with van der Waals surface area (Å²) in [5.74, 6) is -1.64. The lowest BCUT2D eigenvalue weighted by Crippen LogP contribution is -2.13. The molecule has 0 radical (unpaired) electrons. The quantitative estimate of drug-likeness (QED) is 0.843. The van der Waals surface area contributed by atoms with E-state index in [1.807, 2.05) is 6.07 Å². The van der Waals surface area contributed by atoms with Crippen LogP contribution in [0.2, 0.25) is 0 Å². The number of hydrogen-bond acceptors (Lipinski definition) is 2. The van der Waals surface area contributed by atoms with Crippen molar-refractivity contribution >= 4 is 17.3 Å². The Kier molecular flexibility index (Phi) is 4.30. The molecule has 3 N–H and O–H groups in total. The molecule has 2 aromatic rings. The first kappa shape index (κ1) is 14.0. The second kappa shape index (κ2) is 6.14. The van der Waals surface area contributed by atoms with Gasteiger partial charge in [-0.05, 0) is 36.2 Å². The first-order valence-electron chi connectivity index (χ1n) is 6.14.